The summed E-state index contributed by atoms with van der Waals surface area (Å²) >= 11 is 0. The van der Waals surface area contributed by atoms with Crippen molar-refractivity contribution < 1.29 is 19.0 Å². The van der Waals surface area contributed by atoms with E-state index in [2.05, 4.69) is 5.32 Å². The zero-order valence-corrected chi connectivity index (χ0v) is 10.6. The lowest BCUT2D eigenvalue weighted by atomic mass is 10.1. The molecule has 0 aliphatic carbocycles. The van der Waals surface area contributed by atoms with Crippen molar-refractivity contribution in [3.63, 3.8) is 0 Å². The lowest BCUT2D eigenvalue weighted by Crippen LogP contribution is -2.45. The Morgan fingerprint density at radius 3 is 2.31 bits per heavy atom. The average molecular weight is 231 g/mol. The van der Waals surface area contributed by atoms with Gasteiger partial charge in [-0.05, 0) is 20.8 Å². The molecule has 5 heteroatoms. The minimum absolute atomic E-state index is 0.109. The van der Waals surface area contributed by atoms with Crippen molar-refractivity contribution in [2.24, 2.45) is 0 Å². The molecule has 0 aromatic carbocycles. The Labute approximate surface area is 96.4 Å². The van der Waals surface area contributed by atoms with Gasteiger partial charge in [-0.3, -0.25) is 10.1 Å². The van der Waals surface area contributed by atoms with Gasteiger partial charge in [0.15, 0.2) is 0 Å². The molecule has 1 aliphatic heterocycles. The van der Waals surface area contributed by atoms with Gasteiger partial charge in [0.1, 0.15) is 17.7 Å². The van der Waals surface area contributed by atoms with Crippen molar-refractivity contribution in [3.05, 3.63) is 0 Å². The number of esters is 1. The van der Waals surface area contributed by atoms with Gasteiger partial charge < -0.3 is 14.2 Å². The smallest absolute Gasteiger partial charge is 0.326 e. The van der Waals surface area contributed by atoms with Crippen LogP contribution in [0.25, 0.3) is 0 Å². The van der Waals surface area contributed by atoms with E-state index in [0.29, 0.717) is 6.54 Å². The van der Waals surface area contributed by atoms with E-state index in [0.717, 1.165) is 0 Å². The molecule has 1 fully saturated rings. The first-order valence-electron chi connectivity index (χ1n) is 5.41. The number of nitrogens with one attached hydrogen (secondary N) is 1. The van der Waals surface area contributed by atoms with Crippen LogP contribution in [0.4, 0.5) is 0 Å². The van der Waals surface area contributed by atoms with Crippen LogP contribution in [0.2, 0.25) is 0 Å². The molecule has 0 unspecified atom stereocenters. The molecular weight excluding hydrogens is 210 g/mol. The number of hydrogen-bond donors (Lipinski definition) is 1. The van der Waals surface area contributed by atoms with E-state index in [1.165, 1.54) is 0 Å². The molecule has 1 rings (SSSR count). The maximum atomic E-state index is 11.9. The van der Waals surface area contributed by atoms with Gasteiger partial charge in [-0.1, -0.05) is 0 Å². The Balaban J connectivity index is 2.63. The summed E-state index contributed by atoms with van der Waals surface area (Å²) in [5.74, 6) is -0.293. The third-order valence-electron chi connectivity index (χ3n) is 2.47. The Hall–Kier alpha value is -0.650. The molecule has 5 nitrogen and oxygen atoms in total. The maximum Gasteiger partial charge on any atom is 0.326 e. The fraction of sp³-hybridized carbons (Fsp3) is 0.909. The molecule has 16 heavy (non-hydrogen) atoms. The van der Waals surface area contributed by atoms with Crippen molar-refractivity contribution in [1.29, 1.82) is 0 Å². The van der Waals surface area contributed by atoms with Crippen LogP contribution in [-0.2, 0) is 19.0 Å². The number of methoxy groups -OCH3 is 2. The van der Waals surface area contributed by atoms with Crippen LogP contribution in [-0.4, -0.2) is 50.6 Å². The Kier molecular flexibility index (Phi) is 4.29. The molecule has 3 atom stereocenters. The summed E-state index contributed by atoms with van der Waals surface area (Å²) in [4.78, 5) is 11.9. The van der Waals surface area contributed by atoms with Gasteiger partial charge >= 0.3 is 5.97 Å². The second-order valence-corrected chi connectivity index (χ2v) is 4.89. The van der Waals surface area contributed by atoms with Crippen LogP contribution in [0.1, 0.15) is 20.8 Å². The van der Waals surface area contributed by atoms with E-state index in [1.807, 2.05) is 20.8 Å². The molecule has 0 saturated carbocycles. The number of ether oxygens (including phenoxy) is 3. The fourth-order valence-electron chi connectivity index (χ4n) is 1.78. The Morgan fingerprint density at radius 2 is 1.88 bits per heavy atom. The van der Waals surface area contributed by atoms with E-state index in [9.17, 15) is 4.79 Å². The normalized spacial score (nSPS) is 30.4. The minimum Gasteiger partial charge on any atom is -0.459 e. The number of carbonyl (C=O) groups is 1. The van der Waals surface area contributed by atoms with Crippen molar-refractivity contribution >= 4 is 5.97 Å². The SMILES string of the molecule is CO[C@@H]1[C@H](OC)CN[C@H]1C(=O)OC(C)(C)C. The Morgan fingerprint density at radius 1 is 1.25 bits per heavy atom. The number of rotatable bonds is 3. The van der Waals surface area contributed by atoms with Gasteiger partial charge in [-0.15, -0.1) is 0 Å². The zero-order chi connectivity index (χ0) is 12.3. The molecule has 1 heterocycles. The number of carbonyl (C=O) groups excluding carboxylic acids is 1. The Bertz CT molecular complexity index is 249. The standard InChI is InChI=1S/C11H21NO4/c1-11(2,3)16-10(13)8-9(15-5)7(14-4)6-12-8/h7-9,12H,6H2,1-5H3/t7-,8-,9-/m1/s1. The summed E-state index contributed by atoms with van der Waals surface area (Å²) in [5.41, 5.74) is -0.484. The molecular formula is C11H21NO4. The maximum absolute atomic E-state index is 11.9. The quantitative estimate of drug-likeness (QED) is 0.709. The lowest BCUT2D eigenvalue weighted by Gasteiger charge is -2.25. The monoisotopic (exact) mass is 231 g/mol. The van der Waals surface area contributed by atoms with Crippen LogP contribution >= 0.6 is 0 Å². The van der Waals surface area contributed by atoms with Gasteiger partial charge in [0.05, 0.1) is 6.10 Å². The lowest BCUT2D eigenvalue weighted by molar-refractivity contribution is -0.161. The minimum atomic E-state index is -0.484. The molecule has 0 amide bonds. The van der Waals surface area contributed by atoms with Gasteiger partial charge in [-0.25, -0.2) is 0 Å². The highest BCUT2D eigenvalue weighted by atomic mass is 16.6. The first-order valence-corrected chi connectivity index (χ1v) is 5.41. The number of hydrogen-bond acceptors (Lipinski definition) is 5. The van der Waals surface area contributed by atoms with Crippen LogP contribution in [0.5, 0.6) is 0 Å². The molecule has 0 spiro atoms. The van der Waals surface area contributed by atoms with E-state index in [-0.39, 0.29) is 18.2 Å². The fourth-order valence-corrected chi connectivity index (χ4v) is 1.78. The highest BCUT2D eigenvalue weighted by molar-refractivity contribution is 5.77. The summed E-state index contributed by atoms with van der Waals surface area (Å²) in [6, 6.07) is -0.450. The third kappa shape index (κ3) is 3.17. The summed E-state index contributed by atoms with van der Waals surface area (Å²) in [6.45, 7) is 6.12. The summed E-state index contributed by atoms with van der Waals surface area (Å²) in [5, 5.41) is 3.06. The summed E-state index contributed by atoms with van der Waals surface area (Å²) in [7, 11) is 3.18. The van der Waals surface area contributed by atoms with Crippen molar-refractivity contribution in [1.82, 2.24) is 5.32 Å². The zero-order valence-electron chi connectivity index (χ0n) is 10.6. The van der Waals surface area contributed by atoms with E-state index >= 15 is 0 Å². The first kappa shape index (κ1) is 13.4. The van der Waals surface area contributed by atoms with Crippen LogP contribution in [0, 0.1) is 0 Å². The van der Waals surface area contributed by atoms with Crippen molar-refractivity contribution in [2.75, 3.05) is 20.8 Å². The van der Waals surface area contributed by atoms with Crippen molar-refractivity contribution in [3.8, 4) is 0 Å². The summed E-state index contributed by atoms with van der Waals surface area (Å²) in [6.07, 6.45) is -0.401. The van der Waals surface area contributed by atoms with E-state index < -0.39 is 11.6 Å². The highest BCUT2D eigenvalue weighted by Crippen LogP contribution is 2.18. The van der Waals surface area contributed by atoms with Gasteiger partial charge in [0.25, 0.3) is 0 Å². The third-order valence-corrected chi connectivity index (χ3v) is 2.47. The molecule has 1 N–H and O–H groups in total. The molecule has 94 valence electrons. The molecule has 0 aromatic heterocycles. The highest BCUT2D eigenvalue weighted by Gasteiger charge is 2.42. The second kappa shape index (κ2) is 5.12. The second-order valence-electron chi connectivity index (χ2n) is 4.89. The molecule has 1 aliphatic rings. The average Bonchev–Trinajstić information content (AvgIpc) is 2.57. The predicted octanol–water partition coefficient (Wildman–Crippen LogP) is 0.330. The van der Waals surface area contributed by atoms with E-state index in [4.69, 9.17) is 14.2 Å². The molecule has 1 saturated heterocycles. The van der Waals surface area contributed by atoms with Crippen molar-refractivity contribution in [2.45, 2.75) is 44.6 Å². The van der Waals surface area contributed by atoms with Gasteiger partial charge in [-0.2, -0.15) is 0 Å². The summed E-state index contributed by atoms with van der Waals surface area (Å²) < 4.78 is 15.8. The predicted molar refractivity (Wildman–Crippen MR) is 59.2 cm³/mol. The van der Waals surface area contributed by atoms with Crippen LogP contribution in [0.15, 0.2) is 0 Å². The largest absolute Gasteiger partial charge is 0.459 e. The first-order chi connectivity index (χ1) is 7.39. The van der Waals surface area contributed by atoms with Crippen LogP contribution in [0.3, 0.4) is 0 Å². The molecule has 0 aromatic rings. The van der Waals surface area contributed by atoms with Gasteiger partial charge in [0.2, 0.25) is 0 Å². The van der Waals surface area contributed by atoms with E-state index in [1.54, 1.807) is 14.2 Å². The molecule has 0 bridgehead atoms. The van der Waals surface area contributed by atoms with Gasteiger partial charge in [0, 0.05) is 20.8 Å². The topological polar surface area (TPSA) is 56.8 Å². The van der Waals surface area contributed by atoms with Crippen LogP contribution < -0.4 is 5.32 Å². The molecule has 0 radical (unpaired) electrons.